The SMILES string of the molecule is N#Cc1ccc(-c2ccc(-c3nc(-c4ccccc4)nc(-c4cccc(Sc5ccc(-c6nc(-c7ccccc7)c7sc8ccccc8c7n6)cc5)c4)n3)cc2)cc1. The molecule has 10 rings (SSSR count). The molecule has 0 aliphatic rings. The van der Waals surface area contributed by atoms with Gasteiger partial charge in [-0.2, -0.15) is 5.26 Å². The van der Waals surface area contributed by atoms with Gasteiger partial charge >= 0.3 is 0 Å². The van der Waals surface area contributed by atoms with E-state index in [1.165, 1.54) is 4.70 Å². The van der Waals surface area contributed by atoms with E-state index in [2.05, 4.69) is 103 Å². The molecule has 10 aromatic rings. The lowest BCUT2D eigenvalue weighted by Gasteiger charge is -2.10. The molecule has 3 aromatic heterocycles. The van der Waals surface area contributed by atoms with Crippen molar-refractivity contribution in [2.24, 2.45) is 0 Å². The number of hydrogen-bond acceptors (Lipinski definition) is 8. The molecule has 6 nitrogen and oxygen atoms in total. The fourth-order valence-electron chi connectivity index (χ4n) is 6.92. The summed E-state index contributed by atoms with van der Waals surface area (Å²) in [6.07, 6.45) is 0. The molecule has 0 radical (unpaired) electrons. The molecule has 0 amide bonds. The Morgan fingerprint density at radius 3 is 1.60 bits per heavy atom. The highest BCUT2D eigenvalue weighted by molar-refractivity contribution is 7.99. The maximum Gasteiger partial charge on any atom is 0.164 e. The van der Waals surface area contributed by atoms with Crippen molar-refractivity contribution in [3.63, 3.8) is 0 Å². The van der Waals surface area contributed by atoms with Gasteiger partial charge in [0.05, 0.1) is 27.5 Å². The molecule has 0 N–H and O–H groups in total. The summed E-state index contributed by atoms with van der Waals surface area (Å²) in [5.74, 6) is 2.50. The summed E-state index contributed by atoms with van der Waals surface area (Å²) in [7, 11) is 0. The van der Waals surface area contributed by atoms with Gasteiger partial charge < -0.3 is 0 Å². The summed E-state index contributed by atoms with van der Waals surface area (Å²) in [4.78, 5) is 27.3. The number of aromatic nitrogens is 5. The van der Waals surface area contributed by atoms with E-state index < -0.39 is 0 Å². The second-order valence-electron chi connectivity index (χ2n) is 13.6. The molecule has 3 heterocycles. The number of hydrogen-bond donors (Lipinski definition) is 0. The Balaban J connectivity index is 0.956. The van der Waals surface area contributed by atoms with Crippen molar-refractivity contribution in [1.82, 2.24) is 24.9 Å². The van der Waals surface area contributed by atoms with Crippen molar-refractivity contribution in [1.29, 1.82) is 5.26 Å². The topological polar surface area (TPSA) is 88.2 Å². The van der Waals surface area contributed by atoms with E-state index in [-0.39, 0.29) is 0 Å². The minimum Gasteiger partial charge on any atom is -0.226 e. The third-order valence-corrected chi connectivity index (χ3v) is 12.0. The monoisotopic (exact) mass is 778 g/mol. The molecule has 0 bridgehead atoms. The highest BCUT2D eigenvalue weighted by Gasteiger charge is 2.17. The standard InChI is InChI=1S/C50H30N6S2/c51-31-32-18-20-33(21-19-32)34-22-24-37(25-23-34)49-54-48(36-12-5-2-6-13-36)55-50(56-49)39-14-9-15-41(30-39)57-40-28-26-38(27-29-40)47-52-44(35-10-3-1-4-11-35)46-45(53-47)42-16-7-8-17-43(42)58-46/h1-30H. The Kier molecular flexibility index (Phi) is 9.28. The van der Waals surface area contributed by atoms with Gasteiger partial charge in [-0.3, -0.25) is 0 Å². The first-order chi connectivity index (χ1) is 28.6. The zero-order valence-corrected chi connectivity index (χ0v) is 32.5. The van der Waals surface area contributed by atoms with Crippen molar-refractivity contribution in [3.8, 4) is 74.0 Å². The Morgan fingerprint density at radius 2 is 0.931 bits per heavy atom. The van der Waals surface area contributed by atoms with Crippen LogP contribution in [0.15, 0.2) is 192 Å². The number of thiophene rings is 1. The van der Waals surface area contributed by atoms with E-state index in [1.54, 1.807) is 23.1 Å². The lowest BCUT2D eigenvalue weighted by Crippen LogP contribution is -2.00. The predicted octanol–water partition coefficient (Wildman–Crippen LogP) is 13.1. The Morgan fingerprint density at radius 1 is 0.414 bits per heavy atom. The largest absolute Gasteiger partial charge is 0.226 e. The molecule has 0 unspecified atom stereocenters. The van der Waals surface area contributed by atoms with Crippen molar-refractivity contribution in [2.75, 3.05) is 0 Å². The maximum atomic E-state index is 9.20. The van der Waals surface area contributed by atoms with E-state index in [1.807, 2.05) is 84.9 Å². The third kappa shape index (κ3) is 7.01. The molecule has 0 aliphatic carbocycles. The zero-order valence-electron chi connectivity index (χ0n) is 30.8. The molecule has 58 heavy (non-hydrogen) atoms. The molecule has 0 saturated heterocycles. The normalized spacial score (nSPS) is 11.2. The van der Waals surface area contributed by atoms with E-state index in [0.717, 1.165) is 70.0 Å². The first-order valence-corrected chi connectivity index (χ1v) is 20.3. The molecular formula is C50H30N6S2. The van der Waals surface area contributed by atoms with Crippen LogP contribution in [0.3, 0.4) is 0 Å². The minimum atomic E-state index is 0.593. The van der Waals surface area contributed by atoms with Gasteiger partial charge in [0.15, 0.2) is 23.3 Å². The average molecular weight is 779 g/mol. The summed E-state index contributed by atoms with van der Waals surface area (Å²) in [6, 6.07) is 63.5. The second kappa shape index (κ2) is 15.3. The zero-order chi connectivity index (χ0) is 38.8. The minimum absolute atomic E-state index is 0.593. The van der Waals surface area contributed by atoms with Crippen LogP contribution in [0.2, 0.25) is 0 Å². The van der Waals surface area contributed by atoms with Gasteiger partial charge in [0.2, 0.25) is 0 Å². The van der Waals surface area contributed by atoms with Crippen LogP contribution >= 0.6 is 23.1 Å². The van der Waals surface area contributed by atoms with E-state index >= 15 is 0 Å². The fourth-order valence-corrected chi connectivity index (χ4v) is 8.95. The summed E-state index contributed by atoms with van der Waals surface area (Å²) in [6.45, 7) is 0. The lowest BCUT2D eigenvalue weighted by molar-refractivity contribution is 1.07. The highest BCUT2D eigenvalue weighted by Crippen LogP contribution is 2.40. The first-order valence-electron chi connectivity index (χ1n) is 18.7. The second-order valence-corrected chi connectivity index (χ2v) is 15.8. The molecule has 0 atom stereocenters. The van der Waals surface area contributed by atoms with Gasteiger partial charge in [0.1, 0.15) is 0 Å². The van der Waals surface area contributed by atoms with Crippen molar-refractivity contribution >= 4 is 43.4 Å². The van der Waals surface area contributed by atoms with E-state index in [0.29, 0.717) is 28.9 Å². The summed E-state index contributed by atoms with van der Waals surface area (Å²) in [5, 5.41) is 10.3. The van der Waals surface area contributed by atoms with Gasteiger partial charge in [-0.1, -0.05) is 151 Å². The van der Waals surface area contributed by atoms with Gasteiger partial charge in [0, 0.05) is 47.7 Å². The molecule has 0 spiro atoms. The van der Waals surface area contributed by atoms with Crippen LogP contribution in [-0.4, -0.2) is 24.9 Å². The summed E-state index contributed by atoms with van der Waals surface area (Å²) < 4.78 is 2.30. The van der Waals surface area contributed by atoms with Gasteiger partial charge in [-0.05, 0) is 53.6 Å². The smallest absolute Gasteiger partial charge is 0.164 e. The van der Waals surface area contributed by atoms with Gasteiger partial charge in [-0.15, -0.1) is 11.3 Å². The maximum absolute atomic E-state index is 9.20. The molecule has 7 aromatic carbocycles. The number of fused-ring (bicyclic) bond motifs is 3. The third-order valence-electron chi connectivity index (χ3n) is 9.87. The van der Waals surface area contributed by atoms with Crippen LogP contribution in [0.1, 0.15) is 5.56 Å². The molecule has 0 fully saturated rings. The molecule has 272 valence electrons. The molecule has 0 aliphatic heterocycles. The average Bonchev–Trinajstić information content (AvgIpc) is 3.68. The van der Waals surface area contributed by atoms with Crippen LogP contribution in [0.5, 0.6) is 0 Å². The lowest BCUT2D eigenvalue weighted by atomic mass is 10.0. The van der Waals surface area contributed by atoms with Gasteiger partial charge in [0.25, 0.3) is 0 Å². The predicted molar refractivity (Wildman–Crippen MR) is 236 cm³/mol. The van der Waals surface area contributed by atoms with Gasteiger partial charge in [-0.25, -0.2) is 24.9 Å². The Labute approximate surface area is 343 Å². The van der Waals surface area contributed by atoms with Crippen LogP contribution in [-0.2, 0) is 0 Å². The van der Waals surface area contributed by atoms with E-state index in [4.69, 9.17) is 24.9 Å². The number of nitriles is 1. The highest BCUT2D eigenvalue weighted by atomic mass is 32.2. The number of nitrogens with zero attached hydrogens (tertiary/aromatic N) is 6. The summed E-state index contributed by atoms with van der Waals surface area (Å²) >= 11 is 3.42. The van der Waals surface area contributed by atoms with Crippen LogP contribution in [0.4, 0.5) is 0 Å². The quantitative estimate of drug-likeness (QED) is 0.152. The fraction of sp³-hybridized carbons (Fsp3) is 0. The molecular weight excluding hydrogens is 749 g/mol. The van der Waals surface area contributed by atoms with Crippen LogP contribution in [0, 0.1) is 11.3 Å². The molecule has 0 saturated carbocycles. The van der Waals surface area contributed by atoms with Crippen LogP contribution in [0.25, 0.3) is 88.2 Å². The van der Waals surface area contributed by atoms with Crippen molar-refractivity contribution in [2.45, 2.75) is 9.79 Å². The summed E-state index contributed by atoms with van der Waals surface area (Å²) in [5.41, 5.74) is 9.39. The van der Waals surface area contributed by atoms with Crippen LogP contribution < -0.4 is 0 Å². The van der Waals surface area contributed by atoms with Crippen molar-refractivity contribution in [3.05, 3.63) is 188 Å². The number of rotatable bonds is 8. The van der Waals surface area contributed by atoms with Crippen molar-refractivity contribution < 1.29 is 0 Å². The Bertz CT molecular complexity index is 3120. The number of benzene rings is 7. The Hall–Kier alpha value is -7.31. The molecule has 8 heteroatoms. The van der Waals surface area contributed by atoms with E-state index in [9.17, 15) is 5.26 Å². The first kappa shape index (κ1) is 35.1.